The number of halogens is 1. The molecule has 1 rings (SSSR count). The van der Waals surface area contributed by atoms with Crippen LogP contribution in [0.5, 0.6) is 5.75 Å². The van der Waals surface area contributed by atoms with Crippen molar-refractivity contribution in [2.24, 2.45) is 0 Å². The van der Waals surface area contributed by atoms with Gasteiger partial charge in [-0.2, -0.15) is 0 Å². The third-order valence-electron chi connectivity index (χ3n) is 1.82. The summed E-state index contributed by atoms with van der Waals surface area (Å²) in [5.74, 6) is 4.09. The first-order valence-corrected chi connectivity index (χ1v) is 9.67. The van der Waals surface area contributed by atoms with Crippen LogP contribution in [0.4, 0.5) is 0 Å². The Hall–Kier alpha value is -0.723. The quantitative estimate of drug-likeness (QED) is 0.590. The topological polar surface area (TPSA) is 9.23 Å². The maximum Gasteiger partial charge on any atom is 0.135 e. The number of ether oxygens (including phenoxy) is 1. The lowest BCUT2D eigenvalue weighted by Gasteiger charge is -2.07. The number of hydrogen-bond donors (Lipinski definition) is 0. The first kappa shape index (κ1) is 13.3. The molecule has 0 aliphatic heterocycles. The molecular formula is C13H17BrOSi. The van der Waals surface area contributed by atoms with Crippen LogP contribution in [0, 0.1) is 11.5 Å². The second-order valence-electron chi connectivity index (χ2n) is 4.57. The Bertz CT molecular complexity index is 424. The van der Waals surface area contributed by atoms with Gasteiger partial charge in [0.15, 0.2) is 0 Å². The fourth-order valence-corrected chi connectivity index (χ4v) is 1.98. The average Bonchev–Trinajstić information content (AvgIpc) is 2.15. The number of rotatable bonds is 2. The maximum atomic E-state index is 5.57. The molecule has 0 aromatic heterocycles. The first-order valence-electron chi connectivity index (χ1n) is 5.38. The van der Waals surface area contributed by atoms with Crippen molar-refractivity contribution in [3.8, 4) is 17.2 Å². The number of hydrogen-bond acceptors (Lipinski definition) is 1. The van der Waals surface area contributed by atoms with Crippen molar-refractivity contribution in [1.29, 1.82) is 0 Å². The Morgan fingerprint density at radius 3 is 2.56 bits per heavy atom. The van der Waals surface area contributed by atoms with E-state index in [4.69, 9.17) is 4.74 Å². The summed E-state index contributed by atoms with van der Waals surface area (Å²) >= 11 is 3.44. The SMILES string of the molecule is CCOc1cc(Br)ccc1C#C[Si](C)(C)C. The van der Waals surface area contributed by atoms with Crippen LogP contribution in [0.1, 0.15) is 12.5 Å². The van der Waals surface area contributed by atoms with Gasteiger partial charge < -0.3 is 4.74 Å². The van der Waals surface area contributed by atoms with E-state index in [2.05, 4.69) is 47.0 Å². The summed E-state index contributed by atoms with van der Waals surface area (Å²) in [7, 11) is -1.33. The minimum Gasteiger partial charge on any atom is -0.493 e. The van der Waals surface area contributed by atoms with Crippen LogP contribution in [-0.2, 0) is 0 Å². The summed E-state index contributed by atoms with van der Waals surface area (Å²) in [6.45, 7) is 9.35. The summed E-state index contributed by atoms with van der Waals surface area (Å²) in [6, 6.07) is 5.97. The van der Waals surface area contributed by atoms with Crippen molar-refractivity contribution in [3.63, 3.8) is 0 Å². The van der Waals surface area contributed by atoms with Crippen molar-refractivity contribution >= 4 is 24.0 Å². The monoisotopic (exact) mass is 296 g/mol. The summed E-state index contributed by atoms with van der Waals surface area (Å²) in [6.07, 6.45) is 0. The fourth-order valence-electron chi connectivity index (χ4n) is 1.13. The minimum atomic E-state index is -1.33. The molecule has 86 valence electrons. The van der Waals surface area contributed by atoms with Crippen molar-refractivity contribution in [2.75, 3.05) is 6.61 Å². The maximum absolute atomic E-state index is 5.57. The van der Waals surface area contributed by atoms with Crippen LogP contribution in [0.2, 0.25) is 19.6 Å². The van der Waals surface area contributed by atoms with Gasteiger partial charge in [0, 0.05) is 4.47 Å². The van der Waals surface area contributed by atoms with E-state index >= 15 is 0 Å². The van der Waals surface area contributed by atoms with Crippen LogP contribution < -0.4 is 4.74 Å². The van der Waals surface area contributed by atoms with Crippen LogP contribution in [-0.4, -0.2) is 14.7 Å². The molecule has 0 radical (unpaired) electrons. The zero-order valence-corrected chi connectivity index (χ0v) is 12.8. The lowest BCUT2D eigenvalue weighted by atomic mass is 10.2. The molecule has 0 atom stereocenters. The summed E-state index contributed by atoms with van der Waals surface area (Å²) in [5, 5.41) is 0. The molecule has 0 saturated heterocycles. The van der Waals surface area contributed by atoms with Crippen LogP contribution in [0.15, 0.2) is 22.7 Å². The van der Waals surface area contributed by atoms with Gasteiger partial charge in [0.25, 0.3) is 0 Å². The number of benzene rings is 1. The third-order valence-corrected chi connectivity index (χ3v) is 3.18. The molecule has 0 aliphatic carbocycles. The van der Waals surface area contributed by atoms with Gasteiger partial charge in [-0.3, -0.25) is 0 Å². The lowest BCUT2D eigenvalue weighted by Crippen LogP contribution is -2.16. The molecule has 16 heavy (non-hydrogen) atoms. The molecule has 0 spiro atoms. The zero-order chi connectivity index (χ0) is 12.2. The molecule has 0 fully saturated rings. The van der Waals surface area contributed by atoms with E-state index in [1.54, 1.807) is 0 Å². The van der Waals surface area contributed by atoms with Gasteiger partial charge in [-0.1, -0.05) is 41.5 Å². The van der Waals surface area contributed by atoms with Crippen LogP contribution in [0.3, 0.4) is 0 Å². The predicted molar refractivity (Wildman–Crippen MR) is 75.5 cm³/mol. The normalized spacial score (nSPS) is 10.6. The second-order valence-corrected chi connectivity index (χ2v) is 10.2. The Labute approximate surface area is 107 Å². The van der Waals surface area contributed by atoms with E-state index in [0.717, 1.165) is 15.8 Å². The van der Waals surface area contributed by atoms with Gasteiger partial charge in [0.1, 0.15) is 13.8 Å². The highest BCUT2D eigenvalue weighted by atomic mass is 79.9. The molecule has 0 aliphatic rings. The average molecular weight is 297 g/mol. The molecule has 0 amide bonds. The van der Waals surface area contributed by atoms with Gasteiger partial charge in [0.05, 0.1) is 12.2 Å². The van der Waals surface area contributed by atoms with E-state index in [0.29, 0.717) is 6.61 Å². The molecule has 3 heteroatoms. The van der Waals surface area contributed by atoms with Crippen LogP contribution >= 0.6 is 15.9 Å². The highest BCUT2D eigenvalue weighted by molar-refractivity contribution is 9.10. The largest absolute Gasteiger partial charge is 0.493 e. The van der Waals surface area contributed by atoms with E-state index in [-0.39, 0.29) is 0 Å². The predicted octanol–water partition coefficient (Wildman–Crippen LogP) is 4.08. The molecule has 0 heterocycles. The van der Waals surface area contributed by atoms with Gasteiger partial charge in [0.2, 0.25) is 0 Å². The molecular weight excluding hydrogens is 280 g/mol. The van der Waals surface area contributed by atoms with Crippen molar-refractivity contribution in [3.05, 3.63) is 28.2 Å². The highest BCUT2D eigenvalue weighted by Gasteiger charge is 2.08. The highest BCUT2D eigenvalue weighted by Crippen LogP contribution is 2.23. The Balaban J connectivity index is 3.06. The molecule has 1 aromatic carbocycles. The van der Waals surface area contributed by atoms with Crippen molar-refractivity contribution < 1.29 is 4.74 Å². The standard InChI is InChI=1S/C13H17BrOSi/c1-5-15-13-10-12(14)7-6-11(13)8-9-16(2,3)4/h6-7,10H,5H2,1-4H3. The smallest absolute Gasteiger partial charge is 0.135 e. The fraction of sp³-hybridized carbons (Fsp3) is 0.385. The minimum absolute atomic E-state index is 0.665. The summed E-state index contributed by atoms with van der Waals surface area (Å²) < 4.78 is 6.59. The molecule has 0 bridgehead atoms. The van der Waals surface area contributed by atoms with Gasteiger partial charge in [-0.15, -0.1) is 5.54 Å². The van der Waals surface area contributed by atoms with Gasteiger partial charge in [-0.25, -0.2) is 0 Å². The molecule has 0 saturated carbocycles. The van der Waals surface area contributed by atoms with E-state index in [1.807, 2.05) is 25.1 Å². The van der Waals surface area contributed by atoms with E-state index in [1.165, 1.54) is 0 Å². The third kappa shape index (κ3) is 4.42. The zero-order valence-electron chi connectivity index (χ0n) is 10.2. The molecule has 1 aromatic rings. The molecule has 1 nitrogen and oxygen atoms in total. The Morgan fingerprint density at radius 2 is 2.00 bits per heavy atom. The van der Waals surface area contributed by atoms with E-state index in [9.17, 15) is 0 Å². The lowest BCUT2D eigenvalue weighted by molar-refractivity contribution is 0.339. The second kappa shape index (κ2) is 5.56. The van der Waals surface area contributed by atoms with Gasteiger partial charge >= 0.3 is 0 Å². The van der Waals surface area contributed by atoms with Gasteiger partial charge in [-0.05, 0) is 25.1 Å². The van der Waals surface area contributed by atoms with Crippen molar-refractivity contribution in [2.45, 2.75) is 26.6 Å². The van der Waals surface area contributed by atoms with Crippen LogP contribution in [0.25, 0.3) is 0 Å². The summed E-state index contributed by atoms with van der Waals surface area (Å²) in [4.78, 5) is 0. The molecule has 0 N–H and O–H groups in total. The first-order chi connectivity index (χ1) is 7.42. The van der Waals surface area contributed by atoms with Crippen molar-refractivity contribution in [1.82, 2.24) is 0 Å². The summed E-state index contributed by atoms with van der Waals surface area (Å²) in [5.41, 5.74) is 4.33. The Morgan fingerprint density at radius 1 is 1.31 bits per heavy atom. The Kier molecular flexibility index (Phi) is 4.64. The van der Waals surface area contributed by atoms with E-state index < -0.39 is 8.07 Å². The molecule has 0 unspecified atom stereocenters.